The number of alkyl halides is 2. The fraction of sp³-hybridized carbons (Fsp3) is 0.625. The molecule has 2 aliphatic heterocycles. The molecule has 1 aromatic carbocycles. The highest BCUT2D eigenvalue weighted by Crippen LogP contribution is 2.44. The first-order chi connectivity index (χ1) is 10.4. The standard InChI is InChI=1S/C16H20F2O4/c1-15(2)20-12-8-16(14(17)18,22-13(12)21-15)10-19-9-11-6-4-3-5-7-11/h3-7,12-14H,8-10H2,1-2H3/t12-,13+,16+/m1/s1. The third-order valence-electron chi connectivity index (χ3n) is 3.89. The van der Waals surface area contributed by atoms with E-state index < -0.39 is 30.2 Å². The maximum atomic E-state index is 13.5. The minimum atomic E-state index is -2.66. The third kappa shape index (κ3) is 3.15. The summed E-state index contributed by atoms with van der Waals surface area (Å²) >= 11 is 0. The van der Waals surface area contributed by atoms with Gasteiger partial charge in [-0.05, 0) is 19.4 Å². The second kappa shape index (κ2) is 5.85. The Bertz CT molecular complexity index is 490. The van der Waals surface area contributed by atoms with Crippen molar-refractivity contribution in [1.29, 1.82) is 0 Å². The molecule has 3 atom stereocenters. The van der Waals surface area contributed by atoms with Gasteiger partial charge >= 0.3 is 0 Å². The Kier molecular flexibility index (Phi) is 4.20. The van der Waals surface area contributed by atoms with E-state index in [1.807, 2.05) is 30.3 Å². The summed E-state index contributed by atoms with van der Waals surface area (Å²) in [6.45, 7) is 3.55. The lowest BCUT2D eigenvalue weighted by Gasteiger charge is -2.30. The minimum Gasteiger partial charge on any atom is -0.374 e. The highest BCUT2D eigenvalue weighted by Gasteiger charge is 2.59. The smallest absolute Gasteiger partial charge is 0.269 e. The van der Waals surface area contributed by atoms with Crippen LogP contribution in [0.2, 0.25) is 0 Å². The van der Waals surface area contributed by atoms with Crippen LogP contribution in [-0.2, 0) is 25.6 Å². The third-order valence-corrected chi connectivity index (χ3v) is 3.89. The van der Waals surface area contributed by atoms with E-state index >= 15 is 0 Å². The SMILES string of the molecule is CC1(C)O[C@H]2O[C@@](COCc3ccccc3)(C(F)F)C[C@H]2O1. The molecule has 1 aromatic rings. The lowest BCUT2D eigenvalue weighted by Crippen LogP contribution is -2.44. The molecule has 2 aliphatic rings. The summed E-state index contributed by atoms with van der Waals surface area (Å²) in [6.07, 6.45) is -3.84. The average Bonchev–Trinajstić information content (AvgIpc) is 2.91. The predicted octanol–water partition coefficient (Wildman–Crippen LogP) is 3.11. The molecule has 2 fully saturated rings. The van der Waals surface area contributed by atoms with Crippen LogP contribution >= 0.6 is 0 Å². The van der Waals surface area contributed by atoms with Crippen molar-refractivity contribution in [3.63, 3.8) is 0 Å². The van der Waals surface area contributed by atoms with E-state index in [0.717, 1.165) is 5.56 Å². The monoisotopic (exact) mass is 314 g/mol. The van der Waals surface area contributed by atoms with Gasteiger partial charge in [0.15, 0.2) is 17.7 Å². The Morgan fingerprint density at radius 1 is 1.18 bits per heavy atom. The summed E-state index contributed by atoms with van der Waals surface area (Å²) in [7, 11) is 0. The van der Waals surface area contributed by atoms with Crippen molar-refractivity contribution in [2.24, 2.45) is 0 Å². The fourth-order valence-electron chi connectivity index (χ4n) is 2.87. The van der Waals surface area contributed by atoms with Crippen LogP contribution in [0.4, 0.5) is 8.78 Å². The molecule has 0 amide bonds. The number of fused-ring (bicyclic) bond motifs is 1. The van der Waals surface area contributed by atoms with Crippen LogP contribution in [0.1, 0.15) is 25.8 Å². The molecule has 0 unspecified atom stereocenters. The molecule has 2 saturated heterocycles. The molecule has 0 N–H and O–H groups in total. The molecule has 3 rings (SSSR count). The molecular weight excluding hydrogens is 294 g/mol. The summed E-state index contributed by atoms with van der Waals surface area (Å²) in [6, 6.07) is 9.41. The Morgan fingerprint density at radius 2 is 1.91 bits per heavy atom. The van der Waals surface area contributed by atoms with Gasteiger partial charge in [0.05, 0.1) is 13.2 Å². The normalized spacial score (nSPS) is 33.3. The average molecular weight is 314 g/mol. The van der Waals surface area contributed by atoms with E-state index in [4.69, 9.17) is 18.9 Å². The summed E-state index contributed by atoms with van der Waals surface area (Å²) in [5, 5.41) is 0. The van der Waals surface area contributed by atoms with Gasteiger partial charge in [0.2, 0.25) is 0 Å². The first kappa shape index (κ1) is 15.8. The highest BCUT2D eigenvalue weighted by molar-refractivity contribution is 5.13. The zero-order valence-electron chi connectivity index (χ0n) is 12.6. The Morgan fingerprint density at radius 3 is 2.55 bits per heavy atom. The summed E-state index contributed by atoms with van der Waals surface area (Å²) in [4.78, 5) is 0. The molecule has 6 heteroatoms. The Balaban J connectivity index is 1.60. The number of halogens is 2. The van der Waals surface area contributed by atoms with Crippen molar-refractivity contribution in [2.75, 3.05) is 6.61 Å². The molecular formula is C16H20F2O4. The molecule has 0 aromatic heterocycles. The van der Waals surface area contributed by atoms with E-state index in [0.29, 0.717) is 0 Å². The highest BCUT2D eigenvalue weighted by atomic mass is 19.3. The lowest BCUT2D eigenvalue weighted by atomic mass is 10.0. The second-order valence-corrected chi connectivity index (χ2v) is 6.21. The van der Waals surface area contributed by atoms with Crippen LogP contribution in [0.25, 0.3) is 0 Å². The second-order valence-electron chi connectivity index (χ2n) is 6.21. The summed E-state index contributed by atoms with van der Waals surface area (Å²) in [5.74, 6) is -0.797. The maximum absolute atomic E-state index is 13.5. The number of rotatable bonds is 5. The molecule has 2 heterocycles. The topological polar surface area (TPSA) is 36.9 Å². The van der Waals surface area contributed by atoms with Crippen molar-refractivity contribution in [3.8, 4) is 0 Å². The van der Waals surface area contributed by atoms with Gasteiger partial charge in [-0.25, -0.2) is 8.78 Å². The molecule has 0 radical (unpaired) electrons. The van der Waals surface area contributed by atoms with Crippen LogP contribution < -0.4 is 0 Å². The van der Waals surface area contributed by atoms with E-state index in [9.17, 15) is 8.78 Å². The van der Waals surface area contributed by atoms with Crippen molar-refractivity contribution in [3.05, 3.63) is 35.9 Å². The van der Waals surface area contributed by atoms with Gasteiger partial charge in [-0.15, -0.1) is 0 Å². The van der Waals surface area contributed by atoms with Gasteiger partial charge in [0.25, 0.3) is 6.43 Å². The van der Waals surface area contributed by atoms with Gasteiger partial charge in [0, 0.05) is 6.42 Å². The number of ether oxygens (including phenoxy) is 4. The van der Waals surface area contributed by atoms with Gasteiger partial charge in [-0.1, -0.05) is 30.3 Å². The van der Waals surface area contributed by atoms with E-state index in [2.05, 4.69) is 0 Å². The quantitative estimate of drug-likeness (QED) is 0.837. The minimum absolute atomic E-state index is 0.0630. The molecule has 22 heavy (non-hydrogen) atoms. The van der Waals surface area contributed by atoms with Crippen LogP contribution in [0, 0.1) is 0 Å². The number of benzene rings is 1. The van der Waals surface area contributed by atoms with Crippen LogP contribution in [-0.4, -0.2) is 36.8 Å². The van der Waals surface area contributed by atoms with Crippen LogP contribution in [0.15, 0.2) is 30.3 Å². The zero-order chi connectivity index (χ0) is 15.8. The van der Waals surface area contributed by atoms with E-state index in [1.165, 1.54) is 0 Å². The Labute approximate surface area is 128 Å². The van der Waals surface area contributed by atoms with Crippen LogP contribution in [0.3, 0.4) is 0 Å². The van der Waals surface area contributed by atoms with Crippen LogP contribution in [0.5, 0.6) is 0 Å². The van der Waals surface area contributed by atoms with E-state index in [-0.39, 0.29) is 19.6 Å². The largest absolute Gasteiger partial charge is 0.374 e. The molecule has 0 saturated carbocycles. The summed E-state index contributed by atoms with van der Waals surface area (Å²) in [5.41, 5.74) is -0.737. The van der Waals surface area contributed by atoms with Gasteiger partial charge in [-0.2, -0.15) is 0 Å². The van der Waals surface area contributed by atoms with Crippen molar-refractivity contribution >= 4 is 0 Å². The molecule has 0 bridgehead atoms. The zero-order valence-corrected chi connectivity index (χ0v) is 12.6. The van der Waals surface area contributed by atoms with Gasteiger partial charge in [0.1, 0.15) is 6.10 Å². The molecule has 4 nitrogen and oxygen atoms in total. The van der Waals surface area contributed by atoms with Crippen molar-refractivity contribution in [2.45, 2.75) is 57.1 Å². The lowest BCUT2D eigenvalue weighted by molar-refractivity contribution is -0.257. The first-order valence-corrected chi connectivity index (χ1v) is 7.33. The molecule has 0 aliphatic carbocycles. The summed E-state index contributed by atoms with van der Waals surface area (Å²) < 4.78 is 49.1. The maximum Gasteiger partial charge on any atom is 0.269 e. The van der Waals surface area contributed by atoms with Gasteiger partial charge < -0.3 is 18.9 Å². The fourth-order valence-corrected chi connectivity index (χ4v) is 2.87. The molecule has 0 spiro atoms. The van der Waals surface area contributed by atoms with Gasteiger partial charge in [-0.3, -0.25) is 0 Å². The number of hydrogen-bond donors (Lipinski definition) is 0. The Hall–Kier alpha value is -1.08. The molecule has 122 valence electrons. The number of hydrogen-bond acceptors (Lipinski definition) is 4. The predicted molar refractivity (Wildman–Crippen MR) is 74.4 cm³/mol. The van der Waals surface area contributed by atoms with Crippen molar-refractivity contribution in [1.82, 2.24) is 0 Å². The van der Waals surface area contributed by atoms with E-state index in [1.54, 1.807) is 13.8 Å². The van der Waals surface area contributed by atoms with Crippen molar-refractivity contribution < 1.29 is 27.7 Å². The first-order valence-electron chi connectivity index (χ1n) is 7.33.